The summed E-state index contributed by atoms with van der Waals surface area (Å²) in [5.74, 6) is 6.00. The van der Waals surface area contributed by atoms with Crippen LogP contribution in [0, 0.1) is 11.8 Å². The van der Waals surface area contributed by atoms with Crippen LogP contribution < -0.4 is 0 Å². The summed E-state index contributed by atoms with van der Waals surface area (Å²) in [6, 6.07) is 0. The van der Waals surface area contributed by atoms with Crippen molar-refractivity contribution >= 4 is 0 Å². The molecule has 1 N–H and O–H groups in total. The van der Waals surface area contributed by atoms with Crippen LogP contribution in [-0.4, -0.2) is 11.7 Å². The zero-order valence-corrected chi connectivity index (χ0v) is 8.29. The predicted octanol–water partition coefficient (Wildman–Crippen LogP) is 2.67. The SMILES string of the molecule is CCCCCC#C/C=C/C=C/CO. The molecule has 0 saturated heterocycles. The molecule has 0 aliphatic heterocycles. The molecule has 0 spiro atoms. The summed E-state index contributed by atoms with van der Waals surface area (Å²) in [4.78, 5) is 0. The molecule has 0 radical (unpaired) electrons. The lowest BCUT2D eigenvalue weighted by molar-refractivity contribution is 0.343. The van der Waals surface area contributed by atoms with Gasteiger partial charge in [0.05, 0.1) is 6.61 Å². The van der Waals surface area contributed by atoms with Gasteiger partial charge in [-0.2, -0.15) is 0 Å². The minimum atomic E-state index is 0.0915. The van der Waals surface area contributed by atoms with Crippen molar-refractivity contribution in [1.82, 2.24) is 0 Å². The lowest BCUT2D eigenvalue weighted by Gasteiger charge is -1.87. The molecule has 0 aromatic heterocycles. The van der Waals surface area contributed by atoms with E-state index in [4.69, 9.17) is 5.11 Å². The lowest BCUT2D eigenvalue weighted by Crippen LogP contribution is -1.70. The topological polar surface area (TPSA) is 20.2 Å². The molecule has 0 unspecified atom stereocenters. The summed E-state index contributed by atoms with van der Waals surface area (Å²) in [7, 11) is 0. The minimum Gasteiger partial charge on any atom is -0.392 e. The molecule has 0 aromatic rings. The normalized spacial score (nSPS) is 10.6. The highest BCUT2D eigenvalue weighted by Crippen LogP contribution is 1.96. The van der Waals surface area contributed by atoms with E-state index in [0.717, 1.165) is 6.42 Å². The highest BCUT2D eigenvalue weighted by molar-refractivity contribution is 5.19. The van der Waals surface area contributed by atoms with Crippen molar-refractivity contribution < 1.29 is 5.11 Å². The van der Waals surface area contributed by atoms with Crippen LogP contribution in [0.25, 0.3) is 0 Å². The largest absolute Gasteiger partial charge is 0.392 e. The highest BCUT2D eigenvalue weighted by Gasteiger charge is 1.79. The molecule has 13 heavy (non-hydrogen) atoms. The van der Waals surface area contributed by atoms with Crippen molar-refractivity contribution in [2.45, 2.75) is 32.6 Å². The van der Waals surface area contributed by atoms with Crippen LogP contribution in [0.5, 0.6) is 0 Å². The Morgan fingerprint density at radius 1 is 1.23 bits per heavy atom. The lowest BCUT2D eigenvalue weighted by atomic mass is 10.2. The van der Waals surface area contributed by atoms with E-state index in [0.29, 0.717) is 0 Å². The van der Waals surface area contributed by atoms with E-state index >= 15 is 0 Å². The Morgan fingerprint density at radius 2 is 2.08 bits per heavy atom. The van der Waals surface area contributed by atoms with Crippen LogP contribution in [0.3, 0.4) is 0 Å². The van der Waals surface area contributed by atoms with Gasteiger partial charge in [0.2, 0.25) is 0 Å². The van der Waals surface area contributed by atoms with Crippen LogP contribution in [0.1, 0.15) is 32.6 Å². The molecule has 0 aromatic carbocycles. The van der Waals surface area contributed by atoms with Gasteiger partial charge in [-0.15, -0.1) is 0 Å². The zero-order valence-electron chi connectivity index (χ0n) is 8.29. The Balaban J connectivity index is 3.38. The monoisotopic (exact) mass is 178 g/mol. The third kappa shape index (κ3) is 11.0. The molecule has 0 heterocycles. The summed E-state index contributed by atoms with van der Waals surface area (Å²) >= 11 is 0. The molecule has 0 aliphatic carbocycles. The molecule has 0 amide bonds. The second-order valence-corrected chi connectivity index (χ2v) is 2.75. The number of rotatable bonds is 5. The molecule has 1 heteroatoms. The quantitative estimate of drug-likeness (QED) is 0.390. The number of hydrogen-bond donors (Lipinski definition) is 1. The molecule has 0 fully saturated rings. The first-order chi connectivity index (χ1) is 6.41. The molecule has 0 bridgehead atoms. The second-order valence-electron chi connectivity index (χ2n) is 2.75. The maximum atomic E-state index is 8.41. The average molecular weight is 178 g/mol. The molecule has 72 valence electrons. The van der Waals surface area contributed by atoms with Gasteiger partial charge in [-0.3, -0.25) is 0 Å². The van der Waals surface area contributed by atoms with Crippen molar-refractivity contribution in [2.24, 2.45) is 0 Å². The first-order valence-electron chi connectivity index (χ1n) is 4.82. The maximum Gasteiger partial charge on any atom is 0.0615 e. The number of aliphatic hydroxyl groups excluding tert-OH is 1. The third-order valence-electron chi connectivity index (χ3n) is 1.54. The first kappa shape index (κ1) is 12.0. The van der Waals surface area contributed by atoms with Crippen LogP contribution >= 0.6 is 0 Å². The van der Waals surface area contributed by atoms with E-state index in [-0.39, 0.29) is 6.61 Å². The Kier molecular flexibility index (Phi) is 10.2. The smallest absolute Gasteiger partial charge is 0.0615 e. The van der Waals surface area contributed by atoms with Gasteiger partial charge in [-0.1, -0.05) is 49.8 Å². The standard InChI is InChI=1S/C12H18O/c1-2-3-4-5-6-7-8-9-10-11-12-13/h8-11,13H,2-5,12H2,1H3/b9-8+,11-10+. The fourth-order valence-electron chi connectivity index (χ4n) is 0.838. The number of unbranched alkanes of at least 4 members (excludes halogenated alkanes) is 3. The van der Waals surface area contributed by atoms with Gasteiger partial charge in [-0.25, -0.2) is 0 Å². The van der Waals surface area contributed by atoms with Crippen LogP contribution in [-0.2, 0) is 0 Å². The molecule has 0 aliphatic rings. The Morgan fingerprint density at radius 3 is 2.77 bits per heavy atom. The Labute approximate surface area is 81.2 Å². The van der Waals surface area contributed by atoms with E-state index in [2.05, 4.69) is 18.8 Å². The van der Waals surface area contributed by atoms with Crippen LogP contribution in [0.2, 0.25) is 0 Å². The zero-order chi connectivity index (χ0) is 9.78. The van der Waals surface area contributed by atoms with Crippen molar-refractivity contribution in [3.63, 3.8) is 0 Å². The van der Waals surface area contributed by atoms with Gasteiger partial charge >= 0.3 is 0 Å². The maximum absolute atomic E-state index is 8.41. The van der Waals surface area contributed by atoms with E-state index in [1.165, 1.54) is 19.3 Å². The van der Waals surface area contributed by atoms with E-state index in [1.807, 2.05) is 6.08 Å². The summed E-state index contributed by atoms with van der Waals surface area (Å²) in [6.45, 7) is 2.28. The van der Waals surface area contributed by atoms with Gasteiger partial charge in [0, 0.05) is 6.42 Å². The van der Waals surface area contributed by atoms with Crippen LogP contribution in [0.15, 0.2) is 24.3 Å². The summed E-state index contributed by atoms with van der Waals surface area (Å²) < 4.78 is 0. The van der Waals surface area contributed by atoms with Gasteiger partial charge in [-0.05, 0) is 12.5 Å². The second kappa shape index (κ2) is 11.0. The molecule has 1 nitrogen and oxygen atoms in total. The number of aliphatic hydroxyl groups is 1. The summed E-state index contributed by atoms with van der Waals surface area (Å²) in [5.41, 5.74) is 0. The molecular weight excluding hydrogens is 160 g/mol. The van der Waals surface area contributed by atoms with Gasteiger partial charge < -0.3 is 5.11 Å². The van der Waals surface area contributed by atoms with Gasteiger partial charge in [0.25, 0.3) is 0 Å². The number of hydrogen-bond acceptors (Lipinski definition) is 1. The van der Waals surface area contributed by atoms with E-state index in [9.17, 15) is 0 Å². The summed E-state index contributed by atoms with van der Waals surface area (Å²) in [6.07, 6.45) is 11.8. The first-order valence-corrected chi connectivity index (χ1v) is 4.82. The number of allylic oxidation sites excluding steroid dienone is 3. The molecular formula is C12H18O. The summed E-state index contributed by atoms with van der Waals surface area (Å²) in [5, 5.41) is 8.41. The highest BCUT2D eigenvalue weighted by atomic mass is 16.2. The molecule has 0 saturated carbocycles. The van der Waals surface area contributed by atoms with E-state index < -0.39 is 0 Å². The fourth-order valence-corrected chi connectivity index (χ4v) is 0.838. The Hall–Kier alpha value is -1.00. The fraction of sp³-hybridized carbons (Fsp3) is 0.500. The van der Waals surface area contributed by atoms with Crippen molar-refractivity contribution in [1.29, 1.82) is 0 Å². The van der Waals surface area contributed by atoms with Gasteiger partial charge in [0.15, 0.2) is 0 Å². The molecule has 0 rings (SSSR count). The predicted molar refractivity (Wildman–Crippen MR) is 57.3 cm³/mol. The van der Waals surface area contributed by atoms with Crippen molar-refractivity contribution in [2.75, 3.05) is 6.61 Å². The minimum absolute atomic E-state index is 0.0915. The Bertz CT molecular complexity index is 203. The average Bonchev–Trinajstić information content (AvgIpc) is 2.16. The van der Waals surface area contributed by atoms with Crippen molar-refractivity contribution in [3.05, 3.63) is 24.3 Å². The van der Waals surface area contributed by atoms with Gasteiger partial charge in [0.1, 0.15) is 0 Å². The third-order valence-corrected chi connectivity index (χ3v) is 1.54. The van der Waals surface area contributed by atoms with E-state index in [1.54, 1.807) is 18.2 Å². The van der Waals surface area contributed by atoms with Crippen molar-refractivity contribution in [3.8, 4) is 11.8 Å². The van der Waals surface area contributed by atoms with Crippen LogP contribution in [0.4, 0.5) is 0 Å². The molecule has 0 atom stereocenters.